The highest BCUT2D eigenvalue weighted by Gasteiger charge is 2.31. The topological polar surface area (TPSA) is 111 Å². The van der Waals surface area contributed by atoms with Crippen molar-refractivity contribution in [2.45, 2.75) is 19.6 Å². The first-order chi connectivity index (χ1) is 14.3. The van der Waals surface area contributed by atoms with Gasteiger partial charge in [-0.1, -0.05) is 17.3 Å². The predicted molar refractivity (Wildman–Crippen MR) is 101 cm³/mol. The van der Waals surface area contributed by atoms with Gasteiger partial charge in [0, 0.05) is 17.4 Å². The van der Waals surface area contributed by atoms with Crippen molar-refractivity contribution in [2.75, 3.05) is 5.32 Å². The Morgan fingerprint density at radius 2 is 2.07 bits per heavy atom. The molecule has 0 unspecified atom stereocenters. The molecule has 4 rings (SSSR count). The second-order valence-electron chi connectivity index (χ2n) is 6.48. The van der Waals surface area contributed by atoms with Crippen LogP contribution in [0.3, 0.4) is 0 Å². The van der Waals surface area contributed by atoms with Crippen molar-refractivity contribution >= 4 is 17.2 Å². The molecule has 30 heavy (non-hydrogen) atoms. The van der Waals surface area contributed by atoms with Crippen molar-refractivity contribution in [3.8, 4) is 11.4 Å². The third-order valence-electron chi connectivity index (χ3n) is 4.46. The molecule has 0 aliphatic rings. The predicted octanol–water partition coefficient (Wildman–Crippen LogP) is 3.42. The zero-order valence-corrected chi connectivity index (χ0v) is 15.6. The van der Waals surface area contributed by atoms with Crippen molar-refractivity contribution in [2.24, 2.45) is 5.73 Å². The van der Waals surface area contributed by atoms with Crippen LogP contribution in [0.5, 0.6) is 0 Å². The van der Waals surface area contributed by atoms with E-state index < -0.39 is 17.6 Å². The van der Waals surface area contributed by atoms with Gasteiger partial charge in [0.15, 0.2) is 0 Å². The van der Waals surface area contributed by atoms with E-state index in [1.54, 1.807) is 25.1 Å². The Morgan fingerprint density at radius 3 is 2.77 bits per heavy atom. The van der Waals surface area contributed by atoms with E-state index in [1.807, 2.05) is 0 Å². The number of fused-ring (bicyclic) bond motifs is 1. The van der Waals surface area contributed by atoms with Gasteiger partial charge in [-0.15, -0.1) is 0 Å². The number of benzene rings is 1. The van der Waals surface area contributed by atoms with Crippen LogP contribution in [0.2, 0.25) is 0 Å². The van der Waals surface area contributed by atoms with Crippen LogP contribution in [0.1, 0.15) is 27.5 Å². The third kappa shape index (κ3) is 3.62. The van der Waals surface area contributed by atoms with Crippen molar-refractivity contribution in [3.05, 3.63) is 65.4 Å². The molecule has 4 aromatic rings. The fourth-order valence-corrected chi connectivity index (χ4v) is 2.86. The molecular formula is C19H15F3N6O2. The highest BCUT2D eigenvalue weighted by Crippen LogP contribution is 2.30. The lowest BCUT2D eigenvalue weighted by atomic mass is 10.1. The summed E-state index contributed by atoms with van der Waals surface area (Å²) in [6.07, 6.45) is -2.11. The number of aryl methyl sites for hydroxylation is 1. The van der Waals surface area contributed by atoms with Crippen molar-refractivity contribution in [3.63, 3.8) is 0 Å². The van der Waals surface area contributed by atoms with Crippen LogP contribution in [-0.4, -0.2) is 25.4 Å². The lowest BCUT2D eigenvalue weighted by Crippen LogP contribution is -2.15. The summed E-state index contributed by atoms with van der Waals surface area (Å²) >= 11 is 0. The van der Waals surface area contributed by atoms with Gasteiger partial charge < -0.3 is 15.6 Å². The molecule has 0 spiro atoms. The van der Waals surface area contributed by atoms with Crippen LogP contribution < -0.4 is 11.1 Å². The molecule has 0 aliphatic heterocycles. The molecule has 3 heterocycles. The summed E-state index contributed by atoms with van der Waals surface area (Å²) in [5.74, 6) is 0.0683. The van der Waals surface area contributed by atoms with Crippen LogP contribution in [0.25, 0.3) is 17.0 Å². The Kier molecular flexibility index (Phi) is 4.74. The van der Waals surface area contributed by atoms with Crippen LogP contribution in [0.15, 0.2) is 47.2 Å². The van der Waals surface area contributed by atoms with Crippen LogP contribution in [0, 0.1) is 6.92 Å². The van der Waals surface area contributed by atoms with Crippen molar-refractivity contribution < 1.29 is 22.5 Å². The number of alkyl halides is 3. The summed E-state index contributed by atoms with van der Waals surface area (Å²) in [4.78, 5) is 20.8. The maximum atomic E-state index is 12.9. The SMILES string of the molecule is Cc1ccc(-c2noc(CN)n2)cc1NC(=O)c1cnc2cc(C(F)(F)F)ccn12. The summed E-state index contributed by atoms with van der Waals surface area (Å²) in [5.41, 5.74) is 6.59. The average molecular weight is 416 g/mol. The fourth-order valence-electron chi connectivity index (χ4n) is 2.86. The molecule has 0 radical (unpaired) electrons. The number of imidazole rings is 1. The van der Waals surface area contributed by atoms with Gasteiger partial charge >= 0.3 is 6.18 Å². The minimum atomic E-state index is -4.49. The zero-order chi connectivity index (χ0) is 21.5. The first-order valence-corrected chi connectivity index (χ1v) is 8.75. The normalized spacial score (nSPS) is 11.8. The van der Waals surface area contributed by atoms with E-state index in [0.29, 0.717) is 17.1 Å². The van der Waals surface area contributed by atoms with E-state index >= 15 is 0 Å². The summed E-state index contributed by atoms with van der Waals surface area (Å²) in [5, 5.41) is 6.59. The molecule has 0 bridgehead atoms. The third-order valence-corrected chi connectivity index (χ3v) is 4.46. The van der Waals surface area contributed by atoms with Gasteiger partial charge in [0.05, 0.1) is 18.3 Å². The Morgan fingerprint density at radius 1 is 1.27 bits per heavy atom. The molecule has 154 valence electrons. The maximum Gasteiger partial charge on any atom is 0.416 e. The second kappa shape index (κ2) is 7.26. The number of amides is 1. The molecule has 0 atom stereocenters. The quantitative estimate of drug-likeness (QED) is 0.527. The molecule has 0 fully saturated rings. The van der Waals surface area contributed by atoms with E-state index in [-0.39, 0.29) is 23.8 Å². The number of carbonyl (C=O) groups excluding carboxylic acids is 1. The summed E-state index contributed by atoms with van der Waals surface area (Å²) < 4.78 is 44.9. The summed E-state index contributed by atoms with van der Waals surface area (Å²) in [6.45, 7) is 1.90. The van der Waals surface area contributed by atoms with Gasteiger partial charge in [-0.25, -0.2) is 4.98 Å². The average Bonchev–Trinajstić information content (AvgIpc) is 3.35. The van der Waals surface area contributed by atoms with E-state index in [2.05, 4.69) is 20.4 Å². The standard InChI is InChI=1S/C19H15F3N6O2/c1-10-2-3-11(17-26-16(8-23)30-27-17)6-13(10)25-18(29)14-9-24-15-7-12(19(20,21)22)4-5-28(14)15/h2-7,9H,8,23H2,1H3,(H,25,29). The number of hydrogen-bond donors (Lipinski definition) is 2. The number of anilines is 1. The first-order valence-electron chi connectivity index (χ1n) is 8.75. The molecule has 3 aromatic heterocycles. The Bertz CT molecular complexity index is 1240. The number of nitrogens with two attached hydrogens (primary N) is 1. The van der Waals surface area contributed by atoms with Gasteiger partial charge in [0.1, 0.15) is 11.3 Å². The molecule has 1 amide bonds. The second-order valence-corrected chi connectivity index (χ2v) is 6.48. The summed E-state index contributed by atoms with van der Waals surface area (Å²) in [6, 6.07) is 6.98. The Hall–Kier alpha value is -3.73. The van der Waals surface area contributed by atoms with E-state index in [9.17, 15) is 18.0 Å². The van der Waals surface area contributed by atoms with Gasteiger partial charge in [-0.05, 0) is 30.7 Å². The number of halogens is 3. The number of pyridine rings is 1. The van der Waals surface area contributed by atoms with E-state index in [4.69, 9.17) is 10.3 Å². The zero-order valence-electron chi connectivity index (χ0n) is 15.6. The smallest absolute Gasteiger partial charge is 0.338 e. The van der Waals surface area contributed by atoms with Crippen LogP contribution in [0.4, 0.5) is 18.9 Å². The highest BCUT2D eigenvalue weighted by atomic mass is 19.4. The summed E-state index contributed by atoms with van der Waals surface area (Å²) in [7, 11) is 0. The lowest BCUT2D eigenvalue weighted by molar-refractivity contribution is -0.137. The number of nitrogens with zero attached hydrogens (tertiary/aromatic N) is 4. The van der Waals surface area contributed by atoms with E-state index in [1.165, 1.54) is 10.6 Å². The first kappa shape index (κ1) is 19.6. The van der Waals surface area contributed by atoms with E-state index in [0.717, 1.165) is 23.9 Å². The molecule has 3 N–H and O–H groups in total. The minimum Gasteiger partial charge on any atom is -0.338 e. The van der Waals surface area contributed by atoms with Crippen LogP contribution in [-0.2, 0) is 12.7 Å². The number of carbonyl (C=O) groups is 1. The van der Waals surface area contributed by atoms with Crippen molar-refractivity contribution in [1.29, 1.82) is 0 Å². The largest absolute Gasteiger partial charge is 0.416 e. The van der Waals surface area contributed by atoms with Gasteiger partial charge in [0.25, 0.3) is 5.91 Å². The number of aromatic nitrogens is 4. The number of hydrogen-bond acceptors (Lipinski definition) is 6. The highest BCUT2D eigenvalue weighted by molar-refractivity contribution is 6.04. The number of rotatable bonds is 4. The maximum absolute atomic E-state index is 12.9. The monoisotopic (exact) mass is 416 g/mol. The van der Waals surface area contributed by atoms with Crippen LogP contribution >= 0.6 is 0 Å². The van der Waals surface area contributed by atoms with Gasteiger partial charge in [-0.2, -0.15) is 18.2 Å². The molecule has 0 aliphatic carbocycles. The van der Waals surface area contributed by atoms with Crippen molar-refractivity contribution in [1.82, 2.24) is 19.5 Å². The molecule has 0 saturated carbocycles. The lowest BCUT2D eigenvalue weighted by Gasteiger charge is -2.10. The molecule has 11 heteroatoms. The molecular weight excluding hydrogens is 401 g/mol. The van der Waals surface area contributed by atoms with Gasteiger partial charge in [-0.3, -0.25) is 9.20 Å². The van der Waals surface area contributed by atoms with Gasteiger partial charge in [0.2, 0.25) is 11.7 Å². The Balaban J connectivity index is 1.63. The molecule has 1 aromatic carbocycles. The minimum absolute atomic E-state index is 0.0153. The molecule has 0 saturated heterocycles. The fraction of sp³-hybridized carbons (Fsp3) is 0.158. The molecule has 8 nitrogen and oxygen atoms in total. The Labute approximate surface area is 167 Å². The number of nitrogens with one attached hydrogen (secondary N) is 1.